The van der Waals surface area contributed by atoms with E-state index in [1.807, 2.05) is 13.0 Å². The molecular weight excluding hydrogens is 336 g/mol. The highest BCUT2D eigenvalue weighted by atomic mass is 35.5. The largest absolute Gasteiger partial charge is 0.451 e. The van der Waals surface area contributed by atoms with Crippen LogP contribution in [0, 0.1) is 6.92 Å². The molecule has 122 valence electrons. The summed E-state index contributed by atoms with van der Waals surface area (Å²) in [4.78, 5) is 29.3. The van der Waals surface area contributed by atoms with Crippen molar-refractivity contribution in [3.05, 3.63) is 44.9 Å². The van der Waals surface area contributed by atoms with Gasteiger partial charge in [0.2, 0.25) is 0 Å². The number of carbonyl (C=O) groups excluding carboxylic acids is 2. The summed E-state index contributed by atoms with van der Waals surface area (Å²) < 4.78 is 5.04. The number of thiophene rings is 1. The van der Waals surface area contributed by atoms with Crippen LogP contribution in [0.3, 0.4) is 0 Å². The number of ether oxygens (including phenoxy) is 1. The molecule has 0 unspecified atom stereocenters. The third-order valence-corrected chi connectivity index (χ3v) is 4.48. The van der Waals surface area contributed by atoms with Crippen molar-refractivity contribution in [1.29, 1.82) is 0 Å². The minimum Gasteiger partial charge on any atom is -0.451 e. The maximum Gasteiger partial charge on any atom is 0.348 e. The Bertz CT molecular complexity index is 715. The highest BCUT2D eigenvalue weighted by Crippen LogP contribution is 2.23. The minimum absolute atomic E-state index is 0.185. The summed E-state index contributed by atoms with van der Waals surface area (Å²) in [6.07, 6.45) is 3.46. The smallest absolute Gasteiger partial charge is 0.348 e. The number of aromatic nitrogens is 1. The molecule has 0 bridgehead atoms. The standard InChI is InChI=1S/C16H17ClN2O3S/c1-3-5-11-8-13(23-10(11)2)16(21)22-9-14(20)19-12-6-4-7-18-15(12)17/h4,6-8H,3,5,9H2,1-2H3,(H,19,20). The molecule has 0 fully saturated rings. The average Bonchev–Trinajstić information content (AvgIpc) is 2.89. The monoisotopic (exact) mass is 352 g/mol. The van der Waals surface area contributed by atoms with Gasteiger partial charge in [0.15, 0.2) is 11.8 Å². The summed E-state index contributed by atoms with van der Waals surface area (Å²) in [5, 5.41) is 2.73. The number of carbonyl (C=O) groups is 2. The lowest BCUT2D eigenvalue weighted by Gasteiger charge is -2.06. The predicted molar refractivity (Wildman–Crippen MR) is 91.2 cm³/mol. The molecule has 0 aliphatic carbocycles. The van der Waals surface area contributed by atoms with E-state index in [1.165, 1.54) is 17.5 Å². The highest BCUT2D eigenvalue weighted by Gasteiger charge is 2.15. The number of esters is 1. The molecular formula is C16H17ClN2O3S. The molecule has 5 nitrogen and oxygen atoms in total. The van der Waals surface area contributed by atoms with Gasteiger partial charge in [-0.1, -0.05) is 24.9 Å². The highest BCUT2D eigenvalue weighted by molar-refractivity contribution is 7.14. The van der Waals surface area contributed by atoms with E-state index < -0.39 is 11.9 Å². The number of hydrogen-bond acceptors (Lipinski definition) is 5. The van der Waals surface area contributed by atoms with E-state index in [2.05, 4.69) is 17.2 Å². The first-order chi connectivity index (χ1) is 11.0. The van der Waals surface area contributed by atoms with Gasteiger partial charge < -0.3 is 10.1 Å². The topological polar surface area (TPSA) is 68.3 Å². The molecule has 0 saturated carbocycles. The van der Waals surface area contributed by atoms with Crippen LogP contribution >= 0.6 is 22.9 Å². The Balaban J connectivity index is 1.90. The number of amides is 1. The molecule has 0 atom stereocenters. The van der Waals surface area contributed by atoms with E-state index in [0.717, 1.165) is 23.3 Å². The second-order valence-electron chi connectivity index (χ2n) is 4.91. The summed E-state index contributed by atoms with van der Waals surface area (Å²) >= 11 is 7.23. The van der Waals surface area contributed by atoms with Crippen molar-refractivity contribution in [2.45, 2.75) is 26.7 Å². The van der Waals surface area contributed by atoms with Gasteiger partial charge in [-0.15, -0.1) is 11.3 Å². The molecule has 0 aliphatic heterocycles. The molecule has 0 aromatic carbocycles. The molecule has 0 saturated heterocycles. The van der Waals surface area contributed by atoms with Crippen LogP contribution in [0.15, 0.2) is 24.4 Å². The van der Waals surface area contributed by atoms with Gasteiger partial charge in [0, 0.05) is 11.1 Å². The third-order valence-electron chi connectivity index (χ3n) is 3.11. The molecule has 2 aromatic heterocycles. The number of nitrogens with one attached hydrogen (secondary N) is 1. The number of hydrogen-bond donors (Lipinski definition) is 1. The number of aryl methyl sites for hydroxylation is 2. The second kappa shape index (κ2) is 8.08. The van der Waals surface area contributed by atoms with Gasteiger partial charge in [-0.05, 0) is 37.1 Å². The SMILES string of the molecule is CCCc1cc(C(=O)OCC(=O)Nc2cccnc2Cl)sc1C. The van der Waals surface area contributed by atoms with Gasteiger partial charge in [-0.3, -0.25) is 4.79 Å². The molecule has 23 heavy (non-hydrogen) atoms. The van der Waals surface area contributed by atoms with Crippen molar-refractivity contribution in [3.63, 3.8) is 0 Å². The lowest BCUT2D eigenvalue weighted by Crippen LogP contribution is -2.20. The normalized spacial score (nSPS) is 10.4. The predicted octanol–water partition coefficient (Wildman–Crippen LogP) is 3.85. The van der Waals surface area contributed by atoms with E-state index in [9.17, 15) is 9.59 Å². The third kappa shape index (κ3) is 4.77. The first kappa shape index (κ1) is 17.4. The van der Waals surface area contributed by atoms with Crippen molar-refractivity contribution in [1.82, 2.24) is 4.98 Å². The Hall–Kier alpha value is -1.92. The zero-order chi connectivity index (χ0) is 16.8. The van der Waals surface area contributed by atoms with Crippen LogP contribution in [-0.2, 0) is 16.0 Å². The van der Waals surface area contributed by atoms with Crippen molar-refractivity contribution in [2.24, 2.45) is 0 Å². The summed E-state index contributed by atoms with van der Waals surface area (Å²) in [7, 11) is 0. The van der Waals surface area contributed by atoms with Gasteiger partial charge in [0.1, 0.15) is 4.88 Å². The summed E-state index contributed by atoms with van der Waals surface area (Å²) in [5.41, 5.74) is 1.53. The summed E-state index contributed by atoms with van der Waals surface area (Å²) in [6.45, 7) is 3.69. The molecule has 0 radical (unpaired) electrons. The molecule has 0 spiro atoms. The fourth-order valence-electron chi connectivity index (χ4n) is 2.01. The average molecular weight is 353 g/mol. The van der Waals surface area contributed by atoms with Crippen molar-refractivity contribution in [2.75, 3.05) is 11.9 Å². The maximum atomic E-state index is 12.0. The van der Waals surface area contributed by atoms with Crippen LogP contribution in [0.5, 0.6) is 0 Å². The van der Waals surface area contributed by atoms with Crippen LogP contribution in [0.25, 0.3) is 0 Å². The van der Waals surface area contributed by atoms with Crippen LogP contribution in [-0.4, -0.2) is 23.5 Å². The van der Waals surface area contributed by atoms with Gasteiger partial charge in [0.05, 0.1) is 5.69 Å². The van der Waals surface area contributed by atoms with Crippen LogP contribution in [0.2, 0.25) is 5.15 Å². The van der Waals surface area contributed by atoms with Gasteiger partial charge in [0.25, 0.3) is 5.91 Å². The molecule has 7 heteroatoms. The Morgan fingerprint density at radius 3 is 2.91 bits per heavy atom. The number of pyridine rings is 1. The summed E-state index contributed by atoms with van der Waals surface area (Å²) in [6, 6.07) is 5.10. The lowest BCUT2D eigenvalue weighted by atomic mass is 10.1. The van der Waals surface area contributed by atoms with Crippen molar-refractivity contribution < 1.29 is 14.3 Å². The Labute approximate surface area is 143 Å². The van der Waals surface area contributed by atoms with Crippen molar-refractivity contribution in [3.8, 4) is 0 Å². The Morgan fingerprint density at radius 2 is 2.22 bits per heavy atom. The van der Waals surface area contributed by atoms with E-state index >= 15 is 0 Å². The van der Waals surface area contributed by atoms with Crippen LogP contribution in [0.4, 0.5) is 5.69 Å². The van der Waals surface area contributed by atoms with E-state index in [-0.39, 0.29) is 11.8 Å². The van der Waals surface area contributed by atoms with Crippen LogP contribution in [0.1, 0.15) is 33.5 Å². The Morgan fingerprint density at radius 1 is 1.43 bits per heavy atom. The van der Waals surface area contributed by atoms with Gasteiger partial charge >= 0.3 is 5.97 Å². The fourth-order valence-corrected chi connectivity index (χ4v) is 3.14. The zero-order valence-corrected chi connectivity index (χ0v) is 14.5. The van der Waals surface area contributed by atoms with Crippen LogP contribution < -0.4 is 5.32 Å². The Kier molecular flexibility index (Phi) is 6.12. The molecule has 1 N–H and O–H groups in total. The maximum absolute atomic E-state index is 12.0. The zero-order valence-electron chi connectivity index (χ0n) is 12.9. The number of rotatable bonds is 6. The lowest BCUT2D eigenvalue weighted by molar-refractivity contribution is -0.119. The first-order valence-electron chi connectivity index (χ1n) is 7.18. The van der Waals surface area contributed by atoms with E-state index in [1.54, 1.807) is 12.1 Å². The minimum atomic E-state index is -0.493. The summed E-state index contributed by atoms with van der Waals surface area (Å²) in [5.74, 6) is -0.955. The second-order valence-corrected chi connectivity index (χ2v) is 6.52. The van der Waals surface area contributed by atoms with Gasteiger partial charge in [-0.2, -0.15) is 0 Å². The van der Waals surface area contributed by atoms with Gasteiger partial charge in [-0.25, -0.2) is 9.78 Å². The number of halogens is 1. The molecule has 1 amide bonds. The molecule has 2 aromatic rings. The number of anilines is 1. The number of nitrogens with zero attached hydrogens (tertiary/aromatic N) is 1. The fraction of sp³-hybridized carbons (Fsp3) is 0.312. The van der Waals surface area contributed by atoms with Crippen molar-refractivity contribution >= 4 is 40.5 Å². The molecule has 0 aliphatic rings. The van der Waals surface area contributed by atoms with E-state index in [0.29, 0.717) is 10.6 Å². The quantitative estimate of drug-likeness (QED) is 0.633. The van der Waals surface area contributed by atoms with E-state index in [4.69, 9.17) is 16.3 Å². The molecule has 2 heterocycles. The first-order valence-corrected chi connectivity index (χ1v) is 8.37. The molecule has 2 rings (SSSR count).